The molecule has 0 N–H and O–H groups in total. The van der Waals surface area contributed by atoms with Gasteiger partial charge in [0.15, 0.2) is 0 Å². The quantitative estimate of drug-likeness (QED) is 0.0904. The van der Waals surface area contributed by atoms with Gasteiger partial charge in [0.1, 0.15) is 0 Å². The van der Waals surface area contributed by atoms with Crippen LogP contribution in [0.25, 0.3) is 53.8 Å². The number of rotatable bonds is 1. The van der Waals surface area contributed by atoms with E-state index in [1.54, 1.807) is 0 Å². The summed E-state index contributed by atoms with van der Waals surface area (Å²) in [6, 6.07) is 17.7. The van der Waals surface area contributed by atoms with Crippen molar-refractivity contribution in [2.75, 3.05) is 0 Å². The molecule has 0 aliphatic carbocycles. The zero-order chi connectivity index (χ0) is 21.7. The zero-order valence-electron chi connectivity index (χ0n) is 18.5. The topological polar surface area (TPSA) is 12.6 Å². The van der Waals surface area contributed by atoms with Gasteiger partial charge in [0.25, 0.3) is 0 Å². The molecule has 4 heteroatoms. The molecule has 6 aromatic rings. The van der Waals surface area contributed by atoms with Crippen molar-refractivity contribution in [3.8, 4) is 0 Å². The predicted molar refractivity (Wildman–Crippen MR) is 134 cm³/mol. The maximum absolute atomic E-state index is 7.87. The normalized spacial score (nSPS) is 12.6. The summed E-state index contributed by atoms with van der Waals surface area (Å²) in [5.74, 6) is 7.35. The molecule has 0 saturated heterocycles. The standard InChI is InChI=1S/C27H24GeN3/c1-16-10-11-20-19-8-7-9-21(29-5)25(19)31-22-15-18(28(2,3)4)14-17-12-13-30(6)27(24(17)22)23(16)26(20)31/h7-15H,1-4,6H3/q+1. The second-order valence-corrected chi connectivity index (χ2v) is 20.4. The fraction of sp³-hybridized carbons (Fsp3) is 0.185. The van der Waals surface area contributed by atoms with E-state index in [0.29, 0.717) is 0 Å². The number of pyridine rings is 2. The second kappa shape index (κ2) is 5.99. The Morgan fingerprint density at radius 2 is 1.71 bits per heavy atom. The fourth-order valence-corrected chi connectivity index (χ4v) is 7.69. The van der Waals surface area contributed by atoms with Crippen molar-refractivity contribution in [3.63, 3.8) is 0 Å². The number of aromatic nitrogens is 2. The first-order valence-corrected chi connectivity index (χ1v) is 18.1. The summed E-state index contributed by atoms with van der Waals surface area (Å²) in [6.07, 6.45) is 2.20. The summed E-state index contributed by atoms with van der Waals surface area (Å²) in [7, 11) is 2.15. The van der Waals surface area contributed by atoms with Gasteiger partial charge in [-0.05, 0) is 0 Å². The van der Waals surface area contributed by atoms with Crippen molar-refractivity contribution < 1.29 is 4.57 Å². The molecule has 150 valence electrons. The summed E-state index contributed by atoms with van der Waals surface area (Å²) in [5, 5.41) is 6.27. The van der Waals surface area contributed by atoms with Gasteiger partial charge in [-0.3, -0.25) is 0 Å². The Kier molecular flexibility index (Phi) is 3.60. The molecule has 6 rings (SSSR count). The van der Waals surface area contributed by atoms with E-state index in [-0.39, 0.29) is 0 Å². The average Bonchev–Trinajstić information content (AvgIpc) is 3.08. The van der Waals surface area contributed by atoms with Crippen molar-refractivity contribution >= 4 is 72.3 Å². The third-order valence-corrected chi connectivity index (χ3v) is 11.1. The van der Waals surface area contributed by atoms with Crippen molar-refractivity contribution in [2.45, 2.75) is 24.2 Å². The zero-order valence-corrected chi connectivity index (χ0v) is 20.6. The molecule has 0 radical (unpaired) electrons. The maximum atomic E-state index is 7.87. The van der Waals surface area contributed by atoms with Gasteiger partial charge in [-0.1, -0.05) is 0 Å². The summed E-state index contributed by atoms with van der Waals surface area (Å²) in [5.41, 5.74) is 6.78. The minimum absolute atomic E-state index is 0.719. The fourth-order valence-electron chi connectivity index (χ4n) is 5.26. The number of hydrogen-bond acceptors (Lipinski definition) is 0. The number of fused-ring (bicyclic) bond motifs is 5. The number of nitrogens with zero attached hydrogens (tertiary/aromatic N) is 3. The van der Waals surface area contributed by atoms with Crippen molar-refractivity contribution in [1.29, 1.82) is 0 Å². The average molecular weight is 463 g/mol. The van der Waals surface area contributed by atoms with Crippen molar-refractivity contribution in [1.82, 2.24) is 4.40 Å². The van der Waals surface area contributed by atoms with Crippen molar-refractivity contribution in [3.05, 3.63) is 71.7 Å². The molecule has 3 aromatic heterocycles. The van der Waals surface area contributed by atoms with Crippen LogP contribution in [-0.2, 0) is 7.05 Å². The molecule has 3 heterocycles. The molecule has 0 amide bonds. The molecule has 0 unspecified atom stereocenters. The van der Waals surface area contributed by atoms with Crippen LogP contribution in [0.15, 0.2) is 54.7 Å². The molecule has 31 heavy (non-hydrogen) atoms. The van der Waals surface area contributed by atoms with Crippen LogP contribution in [0.2, 0.25) is 17.3 Å². The molecule has 0 bridgehead atoms. The van der Waals surface area contributed by atoms with E-state index in [1.165, 1.54) is 48.1 Å². The number of para-hydroxylation sites is 1. The van der Waals surface area contributed by atoms with Crippen LogP contribution < -0.4 is 8.96 Å². The third kappa shape index (κ3) is 2.31. The van der Waals surface area contributed by atoms with E-state index in [4.69, 9.17) is 6.57 Å². The number of aryl methyl sites for hydroxylation is 2. The van der Waals surface area contributed by atoms with Crippen LogP contribution in [-0.4, -0.2) is 17.7 Å². The van der Waals surface area contributed by atoms with Gasteiger partial charge < -0.3 is 0 Å². The molecule has 0 fully saturated rings. The van der Waals surface area contributed by atoms with E-state index in [1.807, 2.05) is 12.1 Å². The van der Waals surface area contributed by atoms with Gasteiger partial charge >= 0.3 is 184 Å². The molecule has 0 atom stereocenters. The Morgan fingerprint density at radius 3 is 2.45 bits per heavy atom. The van der Waals surface area contributed by atoms with E-state index < -0.39 is 13.3 Å². The van der Waals surface area contributed by atoms with Crippen LogP contribution >= 0.6 is 0 Å². The van der Waals surface area contributed by atoms with Crippen molar-refractivity contribution in [2.24, 2.45) is 7.05 Å². The van der Waals surface area contributed by atoms with E-state index >= 15 is 0 Å². The summed E-state index contributed by atoms with van der Waals surface area (Å²) >= 11 is -2.09. The van der Waals surface area contributed by atoms with Gasteiger partial charge in [-0.15, -0.1) is 0 Å². The van der Waals surface area contributed by atoms with Gasteiger partial charge in [0.05, 0.1) is 0 Å². The van der Waals surface area contributed by atoms with Crippen LogP contribution in [0.4, 0.5) is 5.69 Å². The molecule has 0 spiro atoms. The Bertz CT molecular complexity index is 1740. The third-order valence-electron chi connectivity index (χ3n) is 6.82. The molecule has 3 nitrogen and oxygen atoms in total. The van der Waals surface area contributed by atoms with Gasteiger partial charge in [0.2, 0.25) is 0 Å². The summed E-state index contributed by atoms with van der Waals surface area (Å²) < 4.78 is 6.16. The summed E-state index contributed by atoms with van der Waals surface area (Å²) in [4.78, 5) is 3.92. The molecular formula is C27H24GeN3+. The SMILES string of the molecule is [C-]#[N+]c1cccc2c3ccc(C)c4c3n(c3c[c]([Ge]([CH3])([CH3])[CH3])cc5cc[n+](C)c4c53)c12. The van der Waals surface area contributed by atoms with Crippen LogP contribution in [0.1, 0.15) is 5.56 Å². The Hall–Kier alpha value is -3.10. The Balaban J connectivity index is 2.10. The first kappa shape index (κ1) is 18.7. The predicted octanol–water partition coefficient (Wildman–Crippen LogP) is 6.22. The molecular weight excluding hydrogens is 439 g/mol. The van der Waals surface area contributed by atoms with E-state index in [9.17, 15) is 0 Å². The number of hydrogen-bond donors (Lipinski definition) is 0. The Morgan fingerprint density at radius 1 is 0.935 bits per heavy atom. The summed E-state index contributed by atoms with van der Waals surface area (Å²) in [6.45, 7) is 10.1. The molecule has 3 aromatic carbocycles. The van der Waals surface area contributed by atoms with E-state index in [2.05, 4.69) is 87.6 Å². The Labute approximate surface area is 184 Å². The van der Waals surface area contributed by atoms with E-state index in [0.717, 1.165) is 16.6 Å². The molecule has 0 saturated carbocycles. The van der Waals surface area contributed by atoms with Crippen LogP contribution in [0, 0.1) is 13.5 Å². The van der Waals surface area contributed by atoms with Crippen LogP contribution in [0.5, 0.6) is 0 Å². The van der Waals surface area contributed by atoms with Crippen LogP contribution in [0.3, 0.4) is 0 Å². The molecule has 0 aliphatic rings. The first-order valence-electron chi connectivity index (χ1n) is 10.7. The van der Waals surface area contributed by atoms with Gasteiger partial charge in [-0.25, -0.2) is 0 Å². The number of benzene rings is 3. The minimum atomic E-state index is -2.09. The molecule has 0 aliphatic heterocycles. The second-order valence-electron chi connectivity index (χ2n) is 9.76. The monoisotopic (exact) mass is 464 g/mol. The first-order chi connectivity index (χ1) is 14.8. The van der Waals surface area contributed by atoms with Gasteiger partial charge in [-0.2, -0.15) is 0 Å². The van der Waals surface area contributed by atoms with Gasteiger partial charge in [0, 0.05) is 0 Å².